The Labute approximate surface area is 403 Å². The first-order chi connectivity index (χ1) is 33.6. The van der Waals surface area contributed by atoms with E-state index in [4.69, 9.17) is 0 Å². The normalized spacial score (nSPS) is 12.5. The van der Waals surface area contributed by atoms with Gasteiger partial charge in [-0.05, 0) is 179 Å². The van der Waals surface area contributed by atoms with Crippen molar-refractivity contribution in [2.45, 2.75) is 41.5 Å². The minimum atomic E-state index is -0.0924. The van der Waals surface area contributed by atoms with E-state index in [0.717, 1.165) is 0 Å². The Morgan fingerprint density at radius 2 is 0.826 bits per heavy atom. The molecular formula is C66H49BN2. The third-order valence-electron chi connectivity index (χ3n) is 15.4. The van der Waals surface area contributed by atoms with Gasteiger partial charge in [-0.3, -0.25) is 0 Å². The average Bonchev–Trinajstić information content (AvgIpc) is 3.86. The summed E-state index contributed by atoms with van der Waals surface area (Å²) in [5, 5.41) is 5.13. The Balaban J connectivity index is 1.18. The van der Waals surface area contributed by atoms with Crippen molar-refractivity contribution in [3.05, 3.63) is 221 Å². The standard InChI is InChI=1S/C66H49BN2/c1-38-24-39(2)27-48(26-38)47-21-23-61-54(31-47)56-32-50(49-28-40(3)25-41(4)29-49)33-58-55-35-52(63-42(5)14-13-15-43(63)6)37-62-64(55)67(69(61)65(56)58)59-36-51(45-18-11-8-12-19-45)34-57-53-30-46(44-16-9-7-10-17-44)20-22-60(53)68(62)66(57)59/h7-37H,1-6H3. The molecule has 0 radical (unpaired) electrons. The summed E-state index contributed by atoms with van der Waals surface area (Å²) in [7, 11) is 0. The number of benzene rings is 10. The van der Waals surface area contributed by atoms with Gasteiger partial charge < -0.3 is 9.05 Å². The predicted octanol–water partition coefficient (Wildman–Crippen LogP) is 16.0. The quantitative estimate of drug-likeness (QED) is 0.152. The topological polar surface area (TPSA) is 9.86 Å². The molecule has 0 bridgehead atoms. The lowest BCUT2D eigenvalue weighted by Gasteiger charge is -2.35. The van der Waals surface area contributed by atoms with Crippen LogP contribution in [0.2, 0.25) is 0 Å². The molecule has 2 aliphatic rings. The van der Waals surface area contributed by atoms with Crippen LogP contribution in [0.5, 0.6) is 0 Å². The Kier molecular flexibility index (Phi) is 8.51. The zero-order chi connectivity index (χ0) is 46.4. The van der Waals surface area contributed by atoms with Gasteiger partial charge in [0, 0.05) is 43.8 Å². The number of rotatable bonds is 5. The zero-order valence-electron chi connectivity index (χ0n) is 39.9. The van der Waals surface area contributed by atoms with Crippen molar-refractivity contribution in [1.82, 2.24) is 9.05 Å². The largest absolute Gasteiger partial charge is 0.375 e. The van der Waals surface area contributed by atoms with Gasteiger partial charge in [-0.2, -0.15) is 0 Å². The van der Waals surface area contributed by atoms with Crippen LogP contribution in [0.4, 0.5) is 0 Å². The van der Waals surface area contributed by atoms with Gasteiger partial charge >= 0.3 is 6.85 Å². The van der Waals surface area contributed by atoms with E-state index >= 15 is 0 Å². The molecule has 0 saturated heterocycles. The first-order valence-corrected chi connectivity index (χ1v) is 24.4. The van der Waals surface area contributed by atoms with E-state index in [9.17, 15) is 0 Å². The molecule has 3 heteroatoms. The molecule has 0 N–H and O–H groups in total. The molecular weight excluding hydrogens is 832 g/mol. The van der Waals surface area contributed by atoms with Crippen molar-refractivity contribution in [3.8, 4) is 72.4 Å². The zero-order valence-corrected chi connectivity index (χ0v) is 39.9. The van der Waals surface area contributed by atoms with Crippen molar-refractivity contribution in [3.63, 3.8) is 0 Å². The molecule has 0 spiro atoms. The third-order valence-corrected chi connectivity index (χ3v) is 15.4. The van der Waals surface area contributed by atoms with Crippen LogP contribution in [0.3, 0.4) is 0 Å². The van der Waals surface area contributed by atoms with Crippen LogP contribution >= 0.6 is 0 Å². The van der Waals surface area contributed by atoms with Gasteiger partial charge in [0.1, 0.15) is 0 Å². The van der Waals surface area contributed by atoms with Gasteiger partial charge in [-0.1, -0.05) is 156 Å². The second-order valence-electron chi connectivity index (χ2n) is 20.2. The Hall–Kier alpha value is -8.14. The third kappa shape index (κ3) is 5.93. The van der Waals surface area contributed by atoms with Crippen LogP contribution in [0.1, 0.15) is 33.4 Å². The molecule has 0 fully saturated rings. The molecule has 0 saturated carbocycles. The van der Waals surface area contributed by atoms with Crippen molar-refractivity contribution in [2.24, 2.45) is 0 Å². The van der Waals surface area contributed by atoms with Gasteiger partial charge in [-0.25, -0.2) is 0 Å². The molecule has 0 unspecified atom stereocenters. The van der Waals surface area contributed by atoms with Gasteiger partial charge in [0.15, 0.2) is 0 Å². The number of fused-ring (bicyclic) bond motifs is 10. The minimum Gasteiger partial charge on any atom is -0.375 e. The predicted molar refractivity (Wildman–Crippen MR) is 295 cm³/mol. The number of aromatic nitrogens is 2. The lowest BCUT2D eigenvalue weighted by atomic mass is 9.45. The summed E-state index contributed by atoms with van der Waals surface area (Å²) in [6, 6.07) is 72.1. The van der Waals surface area contributed by atoms with Crippen LogP contribution in [0.15, 0.2) is 188 Å². The van der Waals surface area contributed by atoms with E-state index in [0.29, 0.717) is 0 Å². The Morgan fingerprint density at radius 1 is 0.333 bits per heavy atom. The highest BCUT2D eigenvalue weighted by Crippen LogP contribution is 2.48. The fourth-order valence-electron chi connectivity index (χ4n) is 12.7. The molecule has 12 aromatic rings. The van der Waals surface area contributed by atoms with Crippen LogP contribution in [0.25, 0.3) is 116 Å². The smallest absolute Gasteiger partial charge is 0.333 e. The first kappa shape index (κ1) is 40.0. The van der Waals surface area contributed by atoms with Gasteiger partial charge in [-0.15, -0.1) is 0 Å². The second-order valence-corrected chi connectivity index (χ2v) is 20.2. The maximum Gasteiger partial charge on any atom is 0.333 e. The summed E-state index contributed by atoms with van der Waals surface area (Å²) in [5.74, 6) is 0. The van der Waals surface area contributed by atoms with Crippen molar-refractivity contribution >= 4 is 61.4 Å². The highest BCUT2D eigenvalue weighted by molar-refractivity contribution is 6.90. The summed E-state index contributed by atoms with van der Waals surface area (Å²) < 4.78 is 5.37. The van der Waals surface area contributed by atoms with E-state index < -0.39 is 0 Å². The Bertz CT molecular complexity index is 4120. The summed E-state index contributed by atoms with van der Waals surface area (Å²) in [4.78, 5) is 0. The van der Waals surface area contributed by atoms with Crippen LogP contribution < -0.4 is 10.9 Å². The van der Waals surface area contributed by atoms with Gasteiger partial charge in [0.2, 0.25) is 0 Å². The SMILES string of the molecule is Cc1cc(C)cc(-c2ccc3c(c2)c2cc(-c4cc(C)cc(C)c4)cc4c2n3B2c3c-4cc(-c4c(C)cccc4C)cc3-n3c4ccc(-c5ccccc5)cc4c4cc(-c5ccccc5)cc2c43)c1. The molecule has 10 aromatic carbocycles. The molecule has 4 heterocycles. The molecule has 0 amide bonds. The highest BCUT2D eigenvalue weighted by Gasteiger charge is 2.42. The van der Waals surface area contributed by atoms with Crippen LogP contribution in [-0.4, -0.2) is 15.9 Å². The van der Waals surface area contributed by atoms with E-state index in [1.54, 1.807) is 0 Å². The van der Waals surface area contributed by atoms with E-state index in [1.807, 2.05) is 0 Å². The highest BCUT2D eigenvalue weighted by atomic mass is 15.0. The lowest BCUT2D eigenvalue weighted by Crippen LogP contribution is -2.55. The molecule has 2 nitrogen and oxygen atoms in total. The van der Waals surface area contributed by atoms with Crippen molar-refractivity contribution in [1.29, 1.82) is 0 Å². The van der Waals surface area contributed by atoms with E-state index in [1.165, 1.54) is 160 Å². The maximum absolute atomic E-state index is 2.74. The minimum absolute atomic E-state index is 0.0924. The molecule has 0 aliphatic carbocycles. The molecule has 2 aromatic heterocycles. The number of hydrogen-bond donors (Lipinski definition) is 0. The van der Waals surface area contributed by atoms with Crippen LogP contribution in [-0.2, 0) is 0 Å². The van der Waals surface area contributed by atoms with Gasteiger partial charge in [0.25, 0.3) is 0 Å². The van der Waals surface area contributed by atoms with Gasteiger partial charge in [0.05, 0.1) is 11.0 Å². The molecule has 326 valence electrons. The number of hydrogen-bond acceptors (Lipinski definition) is 0. The monoisotopic (exact) mass is 880 g/mol. The maximum atomic E-state index is 2.74. The number of nitrogens with zero attached hydrogens (tertiary/aromatic N) is 2. The van der Waals surface area contributed by atoms with Crippen molar-refractivity contribution in [2.75, 3.05) is 0 Å². The fraction of sp³-hybridized carbons (Fsp3) is 0.0909. The summed E-state index contributed by atoms with van der Waals surface area (Å²) in [6.07, 6.45) is 0. The van der Waals surface area contributed by atoms with E-state index in [-0.39, 0.29) is 6.85 Å². The first-order valence-electron chi connectivity index (χ1n) is 24.4. The van der Waals surface area contributed by atoms with E-state index in [2.05, 4.69) is 239 Å². The molecule has 69 heavy (non-hydrogen) atoms. The summed E-state index contributed by atoms with van der Waals surface area (Å²) in [6.45, 7) is 13.3. The Morgan fingerprint density at radius 3 is 1.46 bits per heavy atom. The molecule has 2 aliphatic heterocycles. The fourth-order valence-corrected chi connectivity index (χ4v) is 12.7. The lowest BCUT2D eigenvalue weighted by molar-refractivity contribution is 1.17. The second kappa shape index (κ2) is 14.7. The summed E-state index contributed by atoms with van der Waals surface area (Å²) in [5.41, 5.74) is 31.8. The van der Waals surface area contributed by atoms with Crippen molar-refractivity contribution < 1.29 is 0 Å². The van der Waals surface area contributed by atoms with Crippen LogP contribution in [0, 0.1) is 41.5 Å². The number of aryl methyl sites for hydroxylation is 6. The summed E-state index contributed by atoms with van der Waals surface area (Å²) >= 11 is 0. The average molecular weight is 881 g/mol. The molecule has 14 rings (SSSR count). The molecule has 0 atom stereocenters.